The lowest BCUT2D eigenvalue weighted by Gasteiger charge is -2.13. The highest BCUT2D eigenvalue weighted by Crippen LogP contribution is 2.63. The summed E-state index contributed by atoms with van der Waals surface area (Å²) in [5.41, 5.74) is 1.20. The summed E-state index contributed by atoms with van der Waals surface area (Å²) in [5.74, 6) is -0.115. The molecule has 1 N–H and O–H groups in total. The summed E-state index contributed by atoms with van der Waals surface area (Å²) >= 11 is 12.0. The molecule has 1 saturated carbocycles. The summed E-state index contributed by atoms with van der Waals surface area (Å²) in [6.07, 6.45) is 2.24. The maximum Gasteiger partial charge on any atom is 0.229 e. The molecule has 3 rings (SSSR count). The van der Waals surface area contributed by atoms with Crippen LogP contribution in [0.1, 0.15) is 18.9 Å². The minimum absolute atomic E-state index is 0.115. The molecule has 104 valence electrons. The predicted octanol–water partition coefficient (Wildman–Crippen LogP) is 3.43. The maximum absolute atomic E-state index is 12.2. The Balaban J connectivity index is 1.77. The number of hydrogen-bond acceptors (Lipinski definition) is 2. The molecule has 3 nitrogen and oxygen atoms in total. The molecule has 1 aromatic heterocycles. The van der Waals surface area contributed by atoms with Gasteiger partial charge in [-0.3, -0.25) is 9.78 Å². The van der Waals surface area contributed by atoms with Crippen LogP contribution < -0.4 is 5.32 Å². The van der Waals surface area contributed by atoms with E-state index in [2.05, 4.69) is 10.3 Å². The van der Waals surface area contributed by atoms with Crippen LogP contribution in [0.5, 0.6) is 0 Å². The highest BCUT2D eigenvalue weighted by Gasteiger charge is 2.67. The van der Waals surface area contributed by atoms with Gasteiger partial charge in [0.15, 0.2) is 0 Å². The molecule has 1 fully saturated rings. The Kier molecular flexibility index (Phi) is 3.14. The fraction of sp³-hybridized carbons (Fsp3) is 0.333. The second kappa shape index (κ2) is 4.61. The summed E-state index contributed by atoms with van der Waals surface area (Å²) in [5, 5.41) is 3.96. The van der Waals surface area contributed by atoms with Crippen LogP contribution in [0.3, 0.4) is 0 Å². The molecule has 1 heterocycles. The van der Waals surface area contributed by atoms with Crippen LogP contribution in [0.4, 0.5) is 0 Å². The van der Waals surface area contributed by atoms with Gasteiger partial charge in [-0.1, -0.05) is 24.3 Å². The number of aromatic nitrogens is 1. The summed E-state index contributed by atoms with van der Waals surface area (Å²) in [4.78, 5) is 16.5. The first-order chi connectivity index (χ1) is 9.44. The van der Waals surface area contributed by atoms with Crippen LogP contribution >= 0.6 is 23.2 Å². The number of alkyl halides is 2. The number of hydrogen-bond donors (Lipinski definition) is 1. The van der Waals surface area contributed by atoms with Crippen LogP contribution in [0.2, 0.25) is 0 Å². The number of pyridine rings is 1. The molecule has 0 aliphatic heterocycles. The molecule has 1 atom stereocenters. The molecule has 2 aromatic rings. The Hall–Kier alpha value is -1.32. The van der Waals surface area contributed by atoms with E-state index >= 15 is 0 Å². The van der Waals surface area contributed by atoms with E-state index in [1.807, 2.05) is 30.3 Å². The molecular formula is C15H14Cl2N2O. The summed E-state index contributed by atoms with van der Waals surface area (Å²) in [6.45, 7) is 2.20. The van der Waals surface area contributed by atoms with Crippen LogP contribution in [0, 0.1) is 5.41 Å². The molecule has 0 radical (unpaired) electrons. The number of carbonyl (C=O) groups is 1. The molecule has 1 unspecified atom stereocenters. The second-order valence-electron chi connectivity index (χ2n) is 5.39. The minimum atomic E-state index is -0.936. The van der Waals surface area contributed by atoms with Crippen molar-refractivity contribution in [1.29, 1.82) is 0 Å². The summed E-state index contributed by atoms with van der Waals surface area (Å²) in [6, 6.07) is 9.80. The van der Waals surface area contributed by atoms with Gasteiger partial charge in [-0.25, -0.2) is 0 Å². The SMILES string of the molecule is CC1(C(=O)NCc2cccc3cccnc23)CC1(Cl)Cl. The van der Waals surface area contributed by atoms with Gasteiger partial charge in [-0.2, -0.15) is 0 Å². The zero-order valence-corrected chi connectivity index (χ0v) is 12.5. The van der Waals surface area contributed by atoms with Gasteiger partial charge in [0.05, 0.1) is 10.9 Å². The average Bonchev–Trinajstić information content (AvgIpc) is 2.96. The normalized spacial score (nSPS) is 23.6. The number of para-hydroxylation sites is 1. The third kappa shape index (κ3) is 2.15. The number of rotatable bonds is 3. The summed E-state index contributed by atoms with van der Waals surface area (Å²) < 4.78 is -0.936. The van der Waals surface area contributed by atoms with E-state index in [0.29, 0.717) is 13.0 Å². The molecule has 1 aromatic carbocycles. The van der Waals surface area contributed by atoms with Gasteiger partial charge < -0.3 is 5.32 Å². The number of halogens is 2. The monoisotopic (exact) mass is 308 g/mol. The van der Waals surface area contributed by atoms with Crippen LogP contribution in [-0.2, 0) is 11.3 Å². The van der Waals surface area contributed by atoms with Crippen molar-refractivity contribution in [2.24, 2.45) is 5.41 Å². The fourth-order valence-electron chi connectivity index (χ4n) is 2.33. The van der Waals surface area contributed by atoms with Crippen molar-refractivity contribution in [3.05, 3.63) is 42.1 Å². The quantitative estimate of drug-likeness (QED) is 0.883. The van der Waals surface area contributed by atoms with Gasteiger partial charge in [-0.05, 0) is 25.0 Å². The largest absolute Gasteiger partial charge is 0.351 e. The van der Waals surface area contributed by atoms with Crippen LogP contribution in [-0.4, -0.2) is 15.2 Å². The van der Waals surface area contributed by atoms with Crippen molar-refractivity contribution in [3.63, 3.8) is 0 Å². The van der Waals surface area contributed by atoms with Crippen molar-refractivity contribution >= 4 is 40.0 Å². The van der Waals surface area contributed by atoms with Crippen LogP contribution in [0.15, 0.2) is 36.5 Å². The number of nitrogens with one attached hydrogen (secondary N) is 1. The van der Waals surface area contributed by atoms with Crippen molar-refractivity contribution < 1.29 is 4.79 Å². The zero-order chi connectivity index (χ0) is 14.4. The van der Waals surface area contributed by atoms with Gasteiger partial charge in [-0.15, -0.1) is 23.2 Å². The van der Waals surface area contributed by atoms with Crippen molar-refractivity contribution in [2.45, 2.75) is 24.2 Å². The molecule has 1 amide bonds. The van der Waals surface area contributed by atoms with E-state index in [-0.39, 0.29) is 5.91 Å². The molecule has 1 aliphatic carbocycles. The Bertz CT molecular complexity index is 681. The predicted molar refractivity (Wildman–Crippen MR) is 80.8 cm³/mol. The van der Waals surface area contributed by atoms with E-state index in [1.165, 1.54) is 0 Å². The highest BCUT2D eigenvalue weighted by atomic mass is 35.5. The lowest BCUT2D eigenvalue weighted by Crippen LogP contribution is -2.32. The van der Waals surface area contributed by atoms with Crippen molar-refractivity contribution in [2.75, 3.05) is 0 Å². The van der Waals surface area contributed by atoms with Gasteiger partial charge in [0, 0.05) is 18.1 Å². The number of benzene rings is 1. The minimum Gasteiger partial charge on any atom is -0.351 e. The van der Waals surface area contributed by atoms with Gasteiger partial charge >= 0.3 is 0 Å². The van der Waals surface area contributed by atoms with E-state index in [0.717, 1.165) is 16.5 Å². The third-order valence-corrected chi connectivity index (χ3v) is 5.02. The Morgan fingerprint density at radius 2 is 2.05 bits per heavy atom. The molecule has 0 saturated heterocycles. The first-order valence-electron chi connectivity index (χ1n) is 6.43. The third-order valence-electron chi connectivity index (χ3n) is 3.91. The lowest BCUT2D eigenvalue weighted by atomic mass is 10.1. The fourth-order valence-corrected chi connectivity index (χ4v) is 3.03. The highest BCUT2D eigenvalue weighted by molar-refractivity contribution is 6.53. The van der Waals surface area contributed by atoms with Gasteiger partial charge in [0.25, 0.3) is 0 Å². The van der Waals surface area contributed by atoms with Gasteiger partial charge in [0.2, 0.25) is 5.91 Å². The first-order valence-corrected chi connectivity index (χ1v) is 7.18. The molecule has 0 bridgehead atoms. The molecule has 1 aliphatic rings. The Labute approximate surface area is 127 Å². The number of carbonyl (C=O) groups excluding carboxylic acids is 1. The van der Waals surface area contributed by atoms with Crippen molar-refractivity contribution in [1.82, 2.24) is 10.3 Å². The van der Waals surface area contributed by atoms with Crippen LogP contribution in [0.25, 0.3) is 10.9 Å². The zero-order valence-electron chi connectivity index (χ0n) is 11.0. The molecule has 20 heavy (non-hydrogen) atoms. The van der Waals surface area contributed by atoms with Crippen molar-refractivity contribution in [3.8, 4) is 0 Å². The first kappa shape index (κ1) is 13.7. The van der Waals surface area contributed by atoms with E-state index in [4.69, 9.17) is 23.2 Å². The number of amides is 1. The topological polar surface area (TPSA) is 42.0 Å². The lowest BCUT2D eigenvalue weighted by molar-refractivity contribution is -0.125. The Morgan fingerprint density at radius 3 is 2.75 bits per heavy atom. The van der Waals surface area contributed by atoms with E-state index in [9.17, 15) is 4.79 Å². The second-order valence-corrected chi connectivity index (χ2v) is 6.87. The number of fused-ring (bicyclic) bond motifs is 1. The molecule has 5 heteroatoms. The van der Waals surface area contributed by atoms with Gasteiger partial charge in [0.1, 0.15) is 4.33 Å². The summed E-state index contributed by atoms with van der Waals surface area (Å²) in [7, 11) is 0. The molecular weight excluding hydrogens is 295 g/mol. The maximum atomic E-state index is 12.2. The smallest absolute Gasteiger partial charge is 0.229 e. The molecule has 0 spiro atoms. The van der Waals surface area contributed by atoms with E-state index in [1.54, 1.807) is 13.1 Å². The standard InChI is InChI=1S/C15H14Cl2N2O/c1-14(9-15(14,16)17)13(20)19-8-11-5-2-4-10-6-3-7-18-12(10)11/h2-7H,8-9H2,1H3,(H,19,20). The average molecular weight is 309 g/mol. The number of nitrogens with zero attached hydrogens (tertiary/aromatic N) is 1. The Morgan fingerprint density at radius 1 is 1.35 bits per heavy atom. The van der Waals surface area contributed by atoms with E-state index < -0.39 is 9.75 Å².